The number of fused-ring (bicyclic) bond motifs is 1. The van der Waals surface area contributed by atoms with Gasteiger partial charge in [0.2, 0.25) is 0 Å². The lowest BCUT2D eigenvalue weighted by Crippen LogP contribution is -2.37. The van der Waals surface area contributed by atoms with Crippen molar-refractivity contribution in [1.82, 2.24) is 10.3 Å². The molecule has 0 radical (unpaired) electrons. The van der Waals surface area contributed by atoms with Crippen LogP contribution in [0.25, 0.3) is 10.8 Å². The van der Waals surface area contributed by atoms with Crippen molar-refractivity contribution in [2.45, 2.75) is 56.7 Å². The van der Waals surface area contributed by atoms with Crippen LogP contribution >= 0.6 is 0 Å². The SMILES string of the molecule is O=c1[nH]ccc2cc(NC3CCC(NC4CC4)CC3)ccc12. The topological polar surface area (TPSA) is 56.9 Å². The maximum absolute atomic E-state index is 11.7. The van der Waals surface area contributed by atoms with Crippen molar-refractivity contribution < 1.29 is 0 Å². The molecule has 1 aromatic carbocycles. The Morgan fingerprint density at radius 1 is 0.909 bits per heavy atom. The number of pyridine rings is 1. The van der Waals surface area contributed by atoms with E-state index in [-0.39, 0.29) is 5.56 Å². The van der Waals surface area contributed by atoms with Gasteiger partial charge in [0.15, 0.2) is 0 Å². The summed E-state index contributed by atoms with van der Waals surface area (Å²) in [5.74, 6) is 0. The first-order valence-electron chi connectivity index (χ1n) is 8.42. The molecule has 0 atom stereocenters. The van der Waals surface area contributed by atoms with Crippen LogP contribution in [-0.4, -0.2) is 23.1 Å². The maximum atomic E-state index is 11.7. The van der Waals surface area contributed by atoms with Gasteiger partial charge in [-0.25, -0.2) is 0 Å². The lowest BCUT2D eigenvalue weighted by atomic mass is 9.91. The molecule has 1 heterocycles. The van der Waals surface area contributed by atoms with E-state index in [1.54, 1.807) is 6.20 Å². The molecule has 4 nitrogen and oxygen atoms in total. The van der Waals surface area contributed by atoms with Crippen LogP contribution in [0.3, 0.4) is 0 Å². The van der Waals surface area contributed by atoms with Crippen molar-refractivity contribution in [3.05, 3.63) is 40.8 Å². The second-order valence-corrected chi connectivity index (χ2v) is 6.74. The molecule has 0 amide bonds. The Labute approximate surface area is 130 Å². The first kappa shape index (κ1) is 13.8. The van der Waals surface area contributed by atoms with Gasteiger partial charge in [0.1, 0.15) is 0 Å². The van der Waals surface area contributed by atoms with Gasteiger partial charge in [-0.15, -0.1) is 0 Å². The number of hydrogen-bond donors (Lipinski definition) is 3. The molecule has 116 valence electrons. The summed E-state index contributed by atoms with van der Waals surface area (Å²) in [6.45, 7) is 0. The molecule has 0 spiro atoms. The second-order valence-electron chi connectivity index (χ2n) is 6.74. The molecule has 4 heteroatoms. The monoisotopic (exact) mass is 297 g/mol. The van der Waals surface area contributed by atoms with E-state index in [2.05, 4.69) is 21.7 Å². The number of aromatic nitrogens is 1. The van der Waals surface area contributed by atoms with Crippen LogP contribution in [0.5, 0.6) is 0 Å². The molecule has 0 unspecified atom stereocenters. The zero-order chi connectivity index (χ0) is 14.9. The summed E-state index contributed by atoms with van der Waals surface area (Å²) in [5, 5.41) is 9.14. The number of H-pyrrole nitrogens is 1. The first-order valence-corrected chi connectivity index (χ1v) is 8.42. The average Bonchev–Trinajstić information content (AvgIpc) is 3.33. The summed E-state index contributed by atoms with van der Waals surface area (Å²) >= 11 is 0. The highest BCUT2D eigenvalue weighted by Gasteiger charge is 2.27. The smallest absolute Gasteiger partial charge is 0.255 e. The van der Waals surface area contributed by atoms with Crippen molar-refractivity contribution >= 4 is 16.5 Å². The average molecular weight is 297 g/mol. The number of aromatic amines is 1. The third kappa shape index (κ3) is 3.02. The third-order valence-electron chi connectivity index (χ3n) is 4.92. The second kappa shape index (κ2) is 5.76. The van der Waals surface area contributed by atoms with Gasteiger partial charge in [0, 0.05) is 35.4 Å². The standard InChI is InChI=1S/C18H23N3O/c22-18-17-8-7-16(11-12(17)9-10-19-18)21-15-5-3-14(4-6-15)20-13-1-2-13/h7-11,13-15,20-21H,1-6H2,(H,19,22). The van der Waals surface area contributed by atoms with Crippen LogP contribution in [0.1, 0.15) is 38.5 Å². The summed E-state index contributed by atoms with van der Waals surface area (Å²) < 4.78 is 0. The Morgan fingerprint density at radius 2 is 1.59 bits per heavy atom. The molecule has 2 aliphatic carbocycles. The minimum Gasteiger partial charge on any atom is -0.382 e. The predicted octanol–water partition coefficient (Wildman–Crippen LogP) is 3.00. The number of benzene rings is 1. The Hall–Kier alpha value is -1.81. The van der Waals surface area contributed by atoms with Crippen LogP contribution in [-0.2, 0) is 0 Å². The molecule has 0 aliphatic heterocycles. The summed E-state index contributed by atoms with van der Waals surface area (Å²) in [4.78, 5) is 14.4. The van der Waals surface area contributed by atoms with Gasteiger partial charge in [0.25, 0.3) is 5.56 Å². The summed E-state index contributed by atoms with van der Waals surface area (Å²) in [5.41, 5.74) is 1.10. The summed E-state index contributed by atoms with van der Waals surface area (Å²) in [6, 6.07) is 10.1. The van der Waals surface area contributed by atoms with E-state index in [0.717, 1.165) is 28.5 Å². The zero-order valence-electron chi connectivity index (χ0n) is 12.8. The van der Waals surface area contributed by atoms with Gasteiger partial charge in [-0.1, -0.05) is 0 Å². The van der Waals surface area contributed by atoms with Crippen molar-refractivity contribution in [2.75, 3.05) is 5.32 Å². The van der Waals surface area contributed by atoms with Gasteiger partial charge in [-0.05, 0) is 68.2 Å². The highest BCUT2D eigenvalue weighted by Crippen LogP contribution is 2.27. The Bertz CT molecular complexity index is 712. The van der Waals surface area contributed by atoms with Gasteiger partial charge in [0.05, 0.1) is 0 Å². The molecule has 2 aromatic rings. The quantitative estimate of drug-likeness (QED) is 0.813. The van der Waals surface area contributed by atoms with Crippen LogP contribution in [0.2, 0.25) is 0 Å². The molecular formula is C18H23N3O. The lowest BCUT2D eigenvalue weighted by Gasteiger charge is -2.30. The molecule has 0 bridgehead atoms. The normalized spacial score (nSPS) is 25.3. The van der Waals surface area contributed by atoms with E-state index in [1.165, 1.54) is 38.5 Å². The lowest BCUT2D eigenvalue weighted by molar-refractivity contribution is 0.352. The highest BCUT2D eigenvalue weighted by molar-refractivity contribution is 5.84. The van der Waals surface area contributed by atoms with E-state index in [9.17, 15) is 4.79 Å². The van der Waals surface area contributed by atoms with E-state index in [1.807, 2.05) is 18.2 Å². The van der Waals surface area contributed by atoms with Gasteiger partial charge in [-0.3, -0.25) is 4.79 Å². The van der Waals surface area contributed by atoms with E-state index in [4.69, 9.17) is 0 Å². The summed E-state index contributed by atoms with van der Waals surface area (Å²) in [7, 11) is 0. The van der Waals surface area contributed by atoms with Crippen LogP contribution in [0, 0.1) is 0 Å². The molecule has 2 aliphatic rings. The molecule has 2 fully saturated rings. The fraction of sp³-hybridized carbons (Fsp3) is 0.500. The van der Waals surface area contributed by atoms with Crippen molar-refractivity contribution in [1.29, 1.82) is 0 Å². The maximum Gasteiger partial charge on any atom is 0.255 e. The van der Waals surface area contributed by atoms with E-state index in [0.29, 0.717) is 6.04 Å². The molecule has 4 rings (SSSR count). The van der Waals surface area contributed by atoms with Crippen molar-refractivity contribution in [2.24, 2.45) is 0 Å². The van der Waals surface area contributed by atoms with Gasteiger partial charge < -0.3 is 15.6 Å². The van der Waals surface area contributed by atoms with Crippen LogP contribution in [0.15, 0.2) is 35.3 Å². The van der Waals surface area contributed by atoms with E-state index < -0.39 is 0 Å². The predicted molar refractivity (Wildman–Crippen MR) is 90.4 cm³/mol. The largest absolute Gasteiger partial charge is 0.382 e. The van der Waals surface area contributed by atoms with Crippen LogP contribution in [0.4, 0.5) is 5.69 Å². The number of nitrogens with one attached hydrogen (secondary N) is 3. The molecule has 3 N–H and O–H groups in total. The minimum atomic E-state index is -0.0179. The van der Waals surface area contributed by atoms with Crippen LogP contribution < -0.4 is 16.2 Å². The highest BCUT2D eigenvalue weighted by atomic mass is 16.1. The summed E-state index contributed by atoms with van der Waals surface area (Å²) in [6.07, 6.45) is 9.42. The molecule has 2 saturated carbocycles. The third-order valence-corrected chi connectivity index (χ3v) is 4.92. The van der Waals surface area contributed by atoms with Gasteiger partial charge in [-0.2, -0.15) is 0 Å². The zero-order valence-corrected chi connectivity index (χ0v) is 12.8. The Morgan fingerprint density at radius 3 is 2.32 bits per heavy atom. The Balaban J connectivity index is 1.40. The fourth-order valence-electron chi connectivity index (χ4n) is 3.51. The first-order chi connectivity index (χ1) is 10.8. The number of rotatable bonds is 4. The molecular weight excluding hydrogens is 274 g/mol. The molecule has 0 saturated heterocycles. The number of anilines is 1. The number of hydrogen-bond acceptors (Lipinski definition) is 3. The van der Waals surface area contributed by atoms with Crippen molar-refractivity contribution in [3.63, 3.8) is 0 Å². The van der Waals surface area contributed by atoms with Gasteiger partial charge >= 0.3 is 0 Å². The van der Waals surface area contributed by atoms with Crippen molar-refractivity contribution in [3.8, 4) is 0 Å². The Kier molecular flexibility index (Phi) is 3.62. The molecule has 1 aromatic heterocycles. The minimum absolute atomic E-state index is 0.0179. The van der Waals surface area contributed by atoms with E-state index >= 15 is 0 Å². The fourth-order valence-corrected chi connectivity index (χ4v) is 3.51. The molecule has 22 heavy (non-hydrogen) atoms.